The van der Waals surface area contributed by atoms with Crippen LogP contribution in [0.25, 0.3) is 10.8 Å². The van der Waals surface area contributed by atoms with Crippen LogP contribution in [-0.4, -0.2) is 6.10 Å². The Morgan fingerprint density at radius 3 is 2.74 bits per heavy atom. The van der Waals surface area contributed by atoms with E-state index in [0.717, 1.165) is 5.92 Å². The van der Waals surface area contributed by atoms with Gasteiger partial charge in [0.1, 0.15) is 6.10 Å². The molecule has 2 bridgehead atoms. The molecule has 4 unspecified atom stereocenters. The Morgan fingerprint density at radius 1 is 1.17 bits per heavy atom. The summed E-state index contributed by atoms with van der Waals surface area (Å²) in [5.41, 5.74) is 1.83. The van der Waals surface area contributed by atoms with Crippen LogP contribution in [0.5, 0.6) is 0 Å². The molecule has 0 heterocycles. The molecule has 2 aromatic rings. The van der Waals surface area contributed by atoms with E-state index in [1.165, 1.54) is 48.4 Å². The minimum atomic E-state index is 0.301. The number of hydrogen-bond acceptors (Lipinski definition) is 1. The first kappa shape index (κ1) is 14.8. The van der Waals surface area contributed by atoms with Crippen LogP contribution >= 0.6 is 0 Å². The fourth-order valence-corrected chi connectivity index (χ4v) is 5.50. The third-order valence-electron chi connectivity index (χ3n) is 6.26. The molecule has 2 saturated carbocycles. The molecule has 4 atom stereocenters. The monoisotopic (exact) mass is 306 g/mol. The molecule has 4 rings (SSSR count). The lowest BCUT2D eigenvalue weighted by Gasteiger charge is -2.42. The van der Waals surface area contributed by atoms with Crippen LogP contribution in [0.2, 0.25) is 0 Å². The van der Waals surface area contributed by atoms with E-state index in [9.17, 15) is 0 Å². The van der Waals surface area contributed by atoms with Gasteiger partial charge in [0.2, 0.25) is 0 Å². The summed E-state index contributed by atoms with van der Waals surface area (Å²) in [7, 11) is 0. The second-order valence-corrected chi connectivity index (χ2v) is 7.46. The fourth-order valence-electron chi connectivity index (χ4n) is 5.50. The highest BCUT2D eigenvalue weighted by atomic mass is 16.5. The molecule has 1 nitrogen and oxygen atoms in total. The molecule has 2 aliphatic carbocycles. The summed E-state index contributed by atoms with van der Waals surface area (Å²) in [5, 5.41) is 2.70. The Labute approximate surface area is 139 Å². The predicted octanol–water partition coefficient (Wildman–Crippen LogP) is 5.84. The maximum Gasteiger partial charge on any atom is 0.102 e. The first-order chi connectivity index (χ1) is 11.3. The summed E-state index contributed by atoms with van der Waals surface area (Å²) in [5.74, 6) is 1.47. The molecule has 0 N–H and O–H groups in total. The third kappa shape index (κ3) is 2.29. The molecule has 0 saturated heterocycles. The highest BCUT2D eigenvalue weighted by Gasteiger charge is 2.56. The summed E-state index contributed by atoms with van der Waals surface area (Å²) in [6.45, 7) is 6.11. The second-order valence-electron chi connectivity index (χ2n) is 7.46. The zero-order valence-electron chi connectivity index (χ0n) is 14.0. The summed E-state index contributed by atoms with van der Waals surface area (Å²) in [6, 6.07) is 15.8. The summed E-state index contributed by atoms with van der Waals surface area (Å²) in [4.78, 5) is 0. The average Bonchev–Trinajstić information content (AvgIpc) is 3.13. The van der Waals surface area contributed by atoms with Crippen LogP contribution in [0.1, 0.15) is 44.6 Å². The van der Waals surface area contributed by atoms with Gasteiger partial charge in [-0.25, -0.2) is 0 Å². The average molecular weight is 306 g/mol. The molecule has 2 fully saturated rings. The smallest absolute Gasteiger partial charge is 0.102 e. The SMILES string of the molecule is C=COC1CC2CC1C(CCC)(c1ccc3ccccc3c1)C2. The van der Waals surface area contributed by atoms with Crippen molar-refractivity contribution in [3.8, 4) is 0 Å². The maximum absolute atomic E-state index is 5.91. The van der Waals surface area contributed by atoms with Gasteiger partial charge < -0.3 is 4.74 Å². The lowest BCUT2D eigenvalue weighted by atomic mass is 9.64. The number of ether oxygens (including phenoxy) is 1. The normalized spacial score (nSPS) is 32.3. The lowest BCUT2D eigenvalue weighted by molar-refractivity contribution is 0.0441. The van der Waals surface area contributed by atoms with Gasteiger partial charge >= 0.3 is 0 Å². The van der Waals surface area contributed by atoms with Crippen molar-refractivity contribution in [2.24, 2.45) is 11.8 Å². The minimum Gasteiger partial charge on any atom is -0.498 e. The van der Waals surface area contributed by atoms with Gasteiger partial charge in [0.05, 0.1) is 6.26 Å². The molecule has 0 spiro atoms. The fraction of sp³-hybridized carbons (Fsp3) is 0.455. The number of fused-ring (bicyclic) bond motifs is 3. The molecule has 0 radical (unpaired) electrons. The van der Waals surface area contributed by atoms with Crippen molar-refractivity contribution in [1.82, 2.24) is 0 Å². The van der Waals surface area contributed by atoms with Gasteiger partial charge in [-0.3, -0.25) is 0 Å². The second kappa shape index (κ2) is 5.70. The van der Waals surface area contributed by atoms with Crippen molar-refractivity contribution >= 4 is 10.8 Å². The largest absolute Gasteiger partial charge is 0.498 e. The van der Waals surface area contributed by atoms with Crippen molar-refractivity contribution in [2.45, 2.75) is 50.5 Å². The summed E-state index contributed by atoms with van der Waals surface area (Å²) < 4.78 is 5.91. The number of rotatable bonds is 5. The zero-order chi connectivity index (χ0) is 15.9. The molecular weight excluding hydrogens is 280 g/mol. The van der Waals surface area contributed by atoms with Crippen LogP contribution in [0.15, 0.2) is 55.3 Å². The zero-order valence-corrected chi connectivity index (χ0v) is 14.0. The summed E-state index contributed by atoms with van der Waals surface area (Å²) >= 11 is 0. The Bertz CT molecular complexity index is 719. The molecule has 120 valence electrons. The number of hydrogen-bond donors (Lipinski definition) is 0. The van der Waals surface area contributed by atoms with E-state index >= 15 is 0 Å². The van der Waals surface area contributed by atoms with Gasteiger partial charge in [-0.1, -0.05) is 62.4 Å². The van der Waals surface area contributed by atoms with Crippen molar-refractivity contribution in [3.05, 3.63) is 60.9 Å². The van der Waals surface area contributed by atoms with Crippen LogP contribution in [0, 0.1) is 11.8 Å². The van der Waals surface area contributed by atoms with Gasteiger partial charge in [0.15, 0.2) is 0 Å². The van der Waals surface area contributed by atoms with Gasteiger partial charge in [-0.15, -0.1) is 0 Å². The van der Waals surface area contributed by atoms with Gasteiger partial charge in [0.25, 0.3) is 0 Å². The molecule has 0 aromatic heterocycles. The lowest BCUT2D eigenvalue weighted by Crippen LogP contribution is -2.40. The quantitative estimate of drug-likeness (QED) is 0.631. The van der Waals surface area contributed by atoms with Gasteiger partial charge in [-0.05, 0) is 47.9 Å². The Morgan fingerprint density at radius 2 is 2.00 bits per heavy atom. The van der Waals surface area contributed by atoms with Gasteiger partial charge in [0, 0.05) is 11.3 Å². The molecule has 2 aromatic carbocycles. The molecule has 0 amide bonds. The van der Waals surface area contributed by atoms with Crippen molar-refractivity contribution < 1.29 is 4.74 Å². The Hall–Kier alpha value is -1.76. The van der Waals surface area contributed by atoms with Crippen molar-refractivity contribution in [1.29, 1.82) is 0 Å². The molecular formula is C22H26O. The first-order valence-electron chi connectivity index (χ1n) is 9.02. The highest BCUT2D eigenvalue weighted by Crippen LogP contribution is 2.60. The topological polar surface area (TPSA) is 9.23 Å². The van der Waals surface area contributed by atoms with Crippen LogP contribution in [0.3, 0.4) is 0 Å². The Kier molecular flexibility index (Phi) is 3.67. The molecule has 2 aliphatic rings. The molecule has 1 heteroatoms. The third-order valence-corrected chi connectivity index (χ3v) is 6.26. The first-order valence-corrected chi connectivity index (χ1v) is 9.02. The van der Waals surface area contributed by atoms with Crippen molar-refractivity contribution in [2.75, 3.05) is 0 Å². The standard InChI is InChI=1S/C22H26O/c1-3-11-22(15-16-12-20(22)21(13-16)23-4-2)19-10-9-17-7-5-6-8-18(17)14-19/h4-10,14,16,20-21H,2-3,11-13,15H2,1H3. The summed E-state index contributed by atoms with van der Waals surface area (Å²) in [6.07, 6.45) is 8.40. The van der Waals surface area contributed by atoms with Crippen LogP contribution in [0.4, 0.5) is 0 Å². The minimum absolute atomic E-state index is 0.301. The van der Waals surface area contributed by atoms with E-state index in [2.05, 4.69) is 56.0 Å². The van der Waals surface area contributed by atoms with Gasteiger partial charge in [-0.2, -0.15) is 0 Å². The van der Waals surface area contributed by atoms with E-state index in [4.69, 9.17) is 4.74 Å². The molecule has 23 heavy (non-hydrogen) atoms. The number of benzene rings is 2. The Balaban J connectivity index is 1.78. The van der Waals surface area contributed by atoms with E-state index < -0.39 is 0 Å². The van der Waals surface area contributed by atoms with E-state index in [1.807, 2.05) is 0 Å². The van der Waals surface area contributed by atoms with E-state index in [1.54, 1.807) is 6.26 Å². The van der Waals surface area contributed by atoms with Crippen molar-refractivity contribution in [3.63, 3.8) is 0 Å². The van der Waals surface area contributed by atoms with Crippen LogP contribution in [-0.2, 0) is 10.2 Å². The highest BCUT2D eigenvalue weighted by molar-refractivity contribution is 5.83. The molecule has 0 aliphatic heterocycles. The van der Waals surface area contributed by atoms with E-state index in [0.29, 0.717) is 17.4 Å². The maximum atomic E-state index is 5.91. The van der Waals surface area contributed by atoms with E-state index in [-0.39, 0.29) is 0 Å². The van der Waals surface area contributed by atoms with Crippen LogP contribution < -0.4 is 0 Å². The predicted molar refractivity (Wildman–Crippen MR) is 96.4 cm³/mol.